The molecular weight excluding hydrogens is 556 g/mol. The molecule has 0 spiro atoms. The van der Waals surface area contributed by atoms with Crippen molar-refractivity contribution in [3.05, 3.63) is 36.0 Å². The number of fused-ring (bicyclic) bond motifs is 1. The van der Waals surface area contributed by atoms with Gasteiger partial charge in [-0.3, -0.25) is 28.8 Å². The zero-order chi connectivity index (χ0) is 31.8. The minimum Gasteiger partial charge on any atom is -0.481 e. The summed E-state index contributed by atoms with van der Waals surface area (Å²) in [5.41, 5.74) is 1.56. The Morgan fingerprint density at radius 2 is 1.40 bits per heavy atom. The molecule has 13 nitrogen and oxygen atoms in total. The molecule has 43 heavy (non-hydrogen) atoms. The van der Waals surface area contributed by atoms with E-state index in [2.05, 4.69) is 31.6 Å². The number of hydrogen-bond acceptors (Lipinski definition) is 6. The number of carboxylic acids is 1. The van der Waals surface area contributed by atoms with E-state index in [1.165, 1.54) is 6.92 Å². The Labute approximate surface area is 250 Å². The minimum absolute atomic E-state index is 0.00615. The molecule has 0 unspecified atom stereocenters. The monoisotopic (exact) mass is 598 g/mol. The highest BCUT2D eigenvalue weighted by molar-refractivity contribution is 5.98. The van der Waals surface area contributed by atoms with E-state index in [-0.39, 0.29) is 31.1 Å². The standard InChI is InChI=1S/C30H42N6O7/c1-15(2)12-22-28(41)34-23(13-18-14-31-20-9-7-6-8-19(18)20)29(42)33-21(10-11-24(37)38)27(40)32-17(5)26(39)36-25(16(3)4)30(43)35-22/h6-9,14-17,21-23,25,31H,10-13H2,1-5H3,(H,32,40)(H,33,42)(H,34,41)(H,35,43)(H,36,39)(H,37,38)/t17-,21-,22-,23+,25+/m0/s1. The van der Waals surface area contributed by atoms with Crippen LogP contribution >= 0.6 is 0 Å². The summed E-state index contributed by atoms with van der Waals surface area (Å²) in [5, 5.41) is 23.4. The molecule has 3 rings (SSSR count). The number of amides is 5. The van der Waals surface area contributed by atoms with Crippen molar-refractivity contribution < 1.29 is 33.9 Å². The van der Waals surface area contributed by atoms with Gasteiger partial charge in [0.15, 0.2) is 0 Å². The van der Waals surface area contributed by atoms with Gasteiger partial charge in [-0.2, -0.15) is 0 Å². The van der Waals surface area contributed by atoms with Gasteiger partial charge in [0.25, 0.3) is 0 Å². The quantitative estimate of drug-likeness (QED) is 0.232. The summed E-state index contributed by atoms with van der Waals surface area (Å²) in [5.74, 6) is -4.85. The van der Waals surface area contributed by atoms with Gasteiger partial charge in [-0.05, 0) is 43.2 Å². The summed E-state index contributed by atoms with van der Waals surface area (Å²) in [7, 11) is 0. The molecule has 1 aliphatic rings. The van der Waals surface area contributed by atoms with Crippen molar-refractivity contribution in [3.8, 4) is 0 Å². The fourth-order valence-corrected chi connectivity index (χ4v) is 4.97. The van der Waals surface area contributed by atoms with E-state index in [1.54, 1.807) is 20.0 Å². The number of rotatable bonds is 8. The van der Waals surface area contributed by atoms with Crippen molar-refractivity contribution in [2.24, 2.45) is 11.8 Å². The second-order valence-electron chi connectivity index (χ2n) is 11.8. The SMILES string of the molecule is CC(C)C[C@@H]1NC(=O)[C@@H](C(C)C)NC(=O)[C@H](C)NC(=O)[C@H](CCC(=O)O)NC(=O)[C@@H](Cc2c[nH]c3ccccc23)NC1=O. The summed E-state index contributed by atoms with van der Waals surface area (Å²) in [6.07, 6.45) is 1.36. The maximum atomic E-state index is 13.7. The molecule has 1 aromatic heterocycles. The van der Waals surface area contributed by atoms with Gasteiger partial charge in [-0.1, -0.05) is 45.9 Å². The van der Waals surface area contributed by atoms with Crippen molar-refractivity contribution in [1.29, 1.82) is 0 Å². The second kappa shape index (κ2) is 14.7. The third-order valence-corrected chi connectivity index (χ3v) is 7.35. The van der Waals surface area contributed by atoms with Gasteiger partial charge in [0, 0.05) is 29.9 Å². The normalized spacial score (nSPS) is 24.4. The molecule has 0 radical (unpaired) electrons. The van der Waals surface area contributed by atoms with Gasteiger partial charge < -0.3 is 36.7 Å². The van der Waals surface area contributed by atoms with Crippen molar-refractivity contribution in [1.82, 2.24) is 31.6 Å². The molecule has 7 N–H and O–H groups in total. The Kier molecular flexibility index (Phi) is 11.3. The Hall–Kier alpha value is -4.42. The Morgan fingerprint density at radius 1 is 0.791 bits per heavy atom. The van der Waals surface area contributed by atoms with Gasteiger partial charge >= 0.3 is 5.97 Å². The summed E-state index contributed by atoms with van der Waals surface area (Å²) < 4.78 is 0. The van der Waals surface area contributed by atoms with Crippen LogP contribution in [0.4, 0.5) is 0 Å². The molecule has 13 heteroatoms. The number of aliphatic carboxylic acids is 1. The van der Waals surface area contributed by atoms with Crippen LogP contribution in [0.15, 0.2) is 30.5 Å². The van der Waals surface area contributed by atoms with Crippen LogP contribution in [0.2, 0.25) is 0 Å². The summed E-state index contributed by atoms with van der Waals surface area (Å²) in [4.78, 5) is 81.4. The molecule has 0 bridgehead atoms. The van der Waals surface area contributed by atoms with E-state index in [9.17, 15) is 33.9 Å². The minimum atomic E-state index is -1.31. The molecule has 0 aliphatic carbocycles. The second-order valence-corrected chi connectivity index (χ2v) is 11.8. The average Bonchev–Trinajstić information content (AvgIpc) is 3.34. The molecule has 1 aromatic carbocycles. The fourth-order valence-electron chi connectivity index (χ4n) is 4.97. The number of carbonyl (C=O) groups excluding carboxylic acids is 5. The summed E-state index contributed by atoms with van der Waals surface area (Å²) in [6.45, 7) is 8.67. The van der Waals surface area contributed by atoms with E-state index in [0.717, 1.165) is 16.5 Å². The van der Waals surface area contributed by atoms with Crippen LogP contribution < -0.4 is 26.6 Å². The van der Waals surface area contributed by atoms with E-state index in [4.69, 9.17) is 0 Å². The smallest absolute Gasteiger partial charge is 0.303 e. The number of para-hydroxylation sites is 1. The lowest BCUT2D eigenvalue weighted by Gasteiger charge is -2.27. The van der Waals surface area contributed by atoms with Crippen LogP contribution in [-0.2, 0) is 35.2 Å². The van der Waals surface area contributed by atoms with Crippen LogP contribution in [0.25, 0.3) is 10.9 Å². The maximum absolute atomic E-state index is 13.7. The van der Waals surface area contributed by atoms with Crippen molar-refractivity contribution in [2.45, 2.75) is 90.5 Å². The lowest BCUT2D eigenvalue weighted by Crippen LogP contribution is -2.59. The number of carbonyl (C=O) groups is 6. The Balaban J connectivity index is 2.04. The third kappa shape index (κ3) is 9.03. The van der Waals surface area contributed by atoms with E-state index >= 15 is 0 Å². The highest BCUT2D eigenvalue weighted by Gasteiger charge is 2.35. The summed E-state index contributed by atoms with van der Waals surface area (Å²) in [6, 6.07) is 1.82. The van der Waals surface area contributed by atoms with Gasteiger partial charge in [0.2, 0.25) is 29.5 Å². The first-order chi connectivity index (χ1) is 20.3. The van der Waals surface area contributed by atoms with Gasteiger partial charge in [-0.15, -0.1) is 0 Å². The molecule has 5 atom stereocenters. The molecular formula is C30H42N6O7. The molecule has 234 valence electrons. The van der Waals surface area contributed by atoms with Crippen LogP contribution in [0.5, 0.6) is 0 Å². The lowest BCUT2D eigenvalue weighted by molar-refractivity contribution is -0.138. The van der Waals surface area contributed by atoms with E-state index < -0.39 is 72.1 Å². The van der Waals surface area contributed by atoms with Crippen LogP contribution in [0.3, 0.4) is 0 Å². The first-order valence-electron chi connectivity index (χ1n) is 14.5. The van der Waals surface area contributed by atoms with Gasteiger partial charge in [-0.25, -0.2) is 0 Å². The largest absolute Gasteiger partial charge is 0.481 e. The fraction of sp³-hybridized carbons (Fsp3) is 0.533. The van der Waals surface area contributed by atoms with Crippen LogP contribution in [0.1, 0.15) is 59.4 Å². The van der Waals surface area contributed by atoms with E-state index in [0.29, 0.717) is 0 Å². The highest BCUT2D eigenvalue weighted by atomic mass is 16.4. The molecule has 5 amide bonds. The van der Waals surface area contributed by atoms with Crippen LogP contribution in [-0.4, -0.2) is 75.8 Å². The predicted molar refractivity (Wildman–Crippen MR) is 158 cm³/mol. The Morgan fingerprint density at radius 3 is 2.05 bits per heavy atom. The number of H-pyrrole nitrogens is 1. The summed E-state index contributed by atoms with van der Waals surface area (Å²) >= 11 is 0. The molecule has 0 saturated carbocycles. The van der Waals surface area contributed by atoms with Gasteiger partial charge in [0.1, 0.15) is 30.2 Å². The number of nitrogens with one attached hydrogen (secondary N) is 6. The first-order valence-corrected chi connectivity index (χ1v) is 14.5. The molecule has 2 aromatic rings. The molecule has 1 saturated heterocycles. The zero-order valence-corrected chi connectivity index (χ0v) is 25.2. The number of aromatic amines is 1. The predicted octanol–water partition coefficient (Wildman–Crippen LogP) is 0.735. The average molecular weight is 599 g/mol. The molecule has 1 aliphatic heterocycles. The Bertz CT molecular complexity index is 1350. The van der Waals surface area contributed by atoms with Crippen molar-refractivity contribution in [3.63, 3.8) is 0 Å². The van der Waals surface area contributed by atoms with Crippen molar-refractivity contribution in [2.75, 3.05) is 0 Å². The molecule has 2 heterocycles. The zero-order valence-electron chi connectivity index (χ0n) is 25.2. The number of hydrogen-bond donors (Lipinski definition) is 7. The highest BCUT2D eigenvalue weighted by Crippen LogP contribution is 2.20. The van der Waals surface area contributed by atoms with Crippen molar-refractivity contribution >= 4 is 46.4 Å². The van der Waals surface area contributed by atoms with E-state index in [1.807, 2.05) is 38.1 Å². The third-order valence-electron chi connectivity index (χ3n) is 7.35. The topological polar surface area (TPSA) is 199 Å². The maximum Gasteiger partial charge on any atom is 0.303 e. The van der Waals surface area contributed by atoms with Crippen LogP contribution in [0, 0.1) is 11.8 Å². The number of carboxylic acid groups (broad SMARTS) is 1. The lowest BCUT2D eigenvalue weighted by atomic mass is 9.98. The molecule has 1 fully saturated rings. The number of benzene rings is 1. The number of aromatic nitrogens is 1. The first kappa shape index (κ1) is 33.1. The van der Waals surface area contributed by atoms with Gasteiger partial charge in [0.05, 0.1) is 0 Å².